The molecule has 7 heteroatoms. The normalized spacial score (nSPS) is 18.7. The first-order chi connectivity index (χ1) is 21.9. The van der Waals surface area contributed by atoms with Gasteiger partial charge in [-0.1, -0.05) is 89.8 Å². The van der Waals surface area contributed by atoms with Gasteiger partial charge in [0.1, 0.15) is 0 Å². The molecule has 0 spiro atoms. The van der Waals surface area contributed by atoms with Crippen molar-refractivity contribution in [1.29, 1.82) is 0 Å². The van der Waals surface area contributed by atoms with E-state index in [1.54, 1.807) is 0 Å². The summed E-state index contributed by atoms with van der Waals surface area (Å²) in [4.78, 5) is 0. The summed E-state index contributed by atoms with van der Waals surface area (Å²) in [6, 6.07) is 12.9. The van der Waals surface area contributed by atoms with Gasteiger partial charge in [-0.2, -0.15) is 10.0 Å². The molecule has 5 rings (SSSR count). The van der Waals surface area contributed by atoms with E-state index in [2.05, 4.69) is 134 Å². The predicted molar refractivity (Wildman–Crippen MR) is 212 cm³/mol. The zero-order valence-corrected chi connectivity index (χ0v) is 33.5. The Morgan fingerprint density at radius 3 is 1.13 bits per heavy atom. The molecular weight excluding hydrogens is 598 g/mol. The first kappa shape index (κ1) is 40.8. The molecule has 3 aromatic rings. The van der Waals surface area contributed by atoms with Gasteiger partial charge >= 0.3 is 14.2 Å². The molecule has 3 aromatic carbocycles. The highest BCUT2D eigenvalue weighted by Gasteiger charge is 2.52. The van der Waals surface area contributed by atoms with Crippen LogP contribution in [-0.2, 0) is 18.6 Å². The highest BCUT2D eigenvalue weighted by atomic mass is 32.3. The van der Waals surface area contributed by atoms with Crippen LogP contribution in [0.1, 0.15) is 115 Å². The van der Waals surface area contributed by atoms with Gasteiger partial charge in [0.2, 0.25) is 0 Å². The van der Waals surface area contributed by atoms with Gasteiger partial charge in [0.05, 0.1) is 22.4 Å². The lowest BCUT2D eigenvalue weighted by Gasteiger charge is -2.32. The summed E-state index contributed by atoms with van der Waals surface area (Å²) in [6.45, 7) is 30.5. The summed E-state index contributed by atoms with van der Waals surface area (Å²) in [6.07, 6.45) is 6.65. The van der Waals surface area contributed by atoms with Crippen molar-refractivity contribution < 1.29 is 18.6 Å². The van der Waals surface area contributed by atoms with Crippen molar-refractivity contribution in [3.8, 4) is 23.0 Å². The number of rotatable bonds is 2. The largest absolute Gasteiger partial charge is 0.494 e. The molecule has 0 atom stereocenters. The molecule has 256 valence electrons. The van der Waals surface area contributed by atoms with Gasteiger partial charge in [0.25, 0.3) is 0 Å². The Hall–Kier alpha value is -2.38. The van der Waals surface area contributed by atoms with E-state index in [-0.39, 0.29) is 0 Å². The lowest BCUT2D eigenvalue weighted by atomic mass is 9.75. The minimum absolute atomic E-state index is 0.419. The van der Waals surface area contributed by atoms with Gasteiger partial charge in [0.15, 0.2) is 0 Å². The topological polar surface area (TPSA) is 36.9 Å². The molecule has 2 saturated heterocycles. The fraction of sp³-hybridized carbons (Fsp3) is 0.550. The fourth-order valence-corrected chi connectivity index (χ4v) is 5.52. The first-order valence-corrected chi connectivity index (χ1v) is 20.1. The van der Waals surface area contributed by atoms with Crippen LogP contribution >= 0.6 is 10.0 Å². The van der Waals surface area contributed by atoms with Crippen molar-refractivity contribution in [1.82, 2.24) is 0 Å². The number of fused-ring (bicyclic) bond motifs is 2. The quantitative estimate of drug-likeness (QED) is 0.157. The molecule has 2 fully saturated rings. The summed E-state index contributed by atoms with van der Waals surface area (Å²) < 4.78 is 25.6. The second-order valence-electron chi connectivity index (χ2n) is 14.0. The Balaban J connectivity index is 0.00000121. The minimum atomic E-state index is -1.06. The zero-order valence-electron chi connectivity index (χ0n) is 32.7. The van der Waals surface area contributed by atoms with Gasteiger partial charge in [-0.15, -0.1) is 5.92 Å². The zero-order chi connectivity index (χ0) is 36.2. The van der Waals surface area contributed by atoms with Gasteiger partial charge in [0, 0.05) is 11.1 Å². The molecule has 47 heavy (non-hydrogen) atoms. The van der Waals surface area contributed by atoms with Crippen LogP contribution in [0.5, 0.6) is 0 Å². The Labute approximate surface area is 290 Å². The molecular formula is C40H60B2O4S. The molecule has 4 nitrogen and oxygen atoms in total. The highest BCUT2D eigenvalue weighted by Crippen LogP contribution is 2.40. The smallest absolute Gasteiger partial charge is 0.399 e. The van der Waals surface area contributed by atoms with E-state index in [1.165, 1.54) is 0 Å². The Kier molecular flexibility index (Phi) is 13.4. The number of hydrogen-bond donors (Lipinski definition) is 0. The molecule has 0 radical (unpaired) electrons. The lowest BCUT2D eigenvalue weighted by molar-refractivity contribution is 0.00578. The molecule has 0 N–H and O–H groups in total. The van der Waals surface area contributed by atoms with Crippen LogP contribution in [0.2, 0.25) is 0 Å². The maximum absolute atomic E-state index is 6.41. The van der Waals surface area contributed by atoms with Crippen LogP contribution < -0.4 is 10.9 Å². The molecule has 0 amide bonds. The average molecular weight is 659 g/mol. The number of benzene rings is 3. The third-order valence-corrected chi connectivity index (χ3v) is 9.66. The van der Waals surface area contributed by atoms with E-state index in [9.17, 15) is 0 Å². The van der Waals surface area contributed by atoms with Gasteiger partial charge in [-0.3, -0.25) is 0 Å². The van der Waals surface area contributed by atoms with Crippen LogP contribution in [0.15, 0.2) is 36.4 Å². The summed E-state index contributed by atoms with van der Waals surface area (Å²) in [5.74, 6) is 10.2. The van der Waals surface area contributed by atoms with E-state index in [0.29, 0.717) is 0 Å². The molecule has 2 heterocycles. The second-order valence-corrected chi connectivity index (χ2v) is 17.9. The number of hydrogen-bond acceptors (Lipinski definition) is 4. The Morgan fingerprint density at radius 2 is 0.830 bits per heavy atom. The van der Waals surface area contributed by atoms with Crippen molar-refractivity contribution in [3.63, 3.8) is 0 Å². The maximum Gasteiger partial charge on any atom is 0.494 e. The van der Waals surface area contributed by atoms with E-state index < -0.39 is 46.7 Å². The van der Waals surface area contributed by atoms with Gasteiger partial charge in [-0.25, -0.2) is 0 Å². The molecule has 0 aliphatic carbocycles. The van der Waals surface area contributed by atoms with E-state index in [0.717, 1.165) is 43.6 Å². The van der Waals surface area contributed by atoms with Crippen molar-refractivity contribution in [2.75, 3.05) is 18.8 Å². The van der Waals surface area contributed by atoms with Crippen LogP contribution in [0.4, 0.5) is 0 Å². The monoisotopic (exact) mass is 658 g/mol. The fourth-order valence-electron chi connectivity index (χ4n) is 5.11. The SMILES string of the molecule is CC.CC.CC.CC#Cc1c2ccc(B3OC(C)(C)C(C)(C)O3)cc2c(C#CS(C)(C)C)c2ccc(B3OC(C)(C)C(C)(C)O3)cc12. The van der Waals surface area contributed by atoms with Crippen LogP contribution in [0, 0.1) is 23.0 Å². The van der Waals surface area contributed by atoms with E-state index in [4.69, 9.17) is 18.6 Å². The van der Waals surface area contributed by atoms with Crippen molar-refractivity contribution in [2.45, 2.75) is 126 Å². The summed E-state index contributed by atoms with van der Waals surface area (Å²) in [7, 11) is -1.98. The van der Waals surface area contributed by atoms with Gasteiger partial charge < -0.3 is 18.6 Å². The summed E-state index contributed by atoms with van der Waals surface area (Å²) >= 11 is 0. The van der Waals surface area contributed by atoms with Gasteiger partial charge in [-0.05, 0) is 119 Å². The maximum atomic E-state index is 6.41. The predicted octanol–water partition coefficient (Wildman–Crippen LogP) is 9.04. The highest BCUT2D eigenvalue weighted by molar-refractivity contribution is 8.36. The third-order valence-electron chi connectivity index (χ3n) is 8.95. The second kappa shape index (κ2) is 15.4. The van der Waals surface area contributed by atoms with E-state index >= 15 is 0 Å². The van der Waals surface area contributed by atoms with Crippen LogP contribution in [0.25, 0.3) is 21.5 Å². The first-order valence-electron chi connectivity index (χ1n) is 17.2. The molecule has 0 unspecified atom stereocenters. The Morgan fingerprint density at radius 1 is 0.511 bits per heavy atom. The third kappa shape index (κ3) is 8.44. The van der Waals surface area contributed by atoms with Crippen LogP contribution in [0.3, 0.4) is 0 Å². The molecule has 0 bridgehead atoms. The van der Waals surface area contributed by atoms with Crippen molar-refractivity contribution in [3.05, 3.63) is 47.5 Å². The lowest BCUT2D eigenvalue weighted by Crippen LogP contribution is -2.41. The molecule has 2 aliphatic rings. The van der Waals surface area contributed by atoms with E-state index in [1.807, 2.05) is 48.5 Å². The summed E-state index contributed by atoms with van der Waals surface area (Å²) in [5, 5.41) is 7.80. The Bertz CT molecular complexity index is 1650. The molecule has 2 aliphatic heterocycles. The minimum Gasteiger partial charge on any atom is -0.399 e. The van der Waals surface area contributed by atoms with Crippen molar-refractivity contribution >= 4 is 56.7 Å². The molecule has 0 saturated carbocycles. The average Bonchev–Trinajstić information content (AvgIpc) is 3.38. The summed E-state index contributed by atoms with van der Waals surface area (Å²) in [5.41, 5.74) is 2.25. The standard InChI is InChI=1S/C34H42B2O4S.3C2H6/c1-13-14-25-26-17-15-24(36-39-33(6,7)34(8,9)40-36)22-30(26)28(19-20-41(10,11)12)27-18-16-23(21-29(25)27)35-37-31(2,3)32(4,5)38-35;3*1-2/h15-18,21-22H,1-12H3;3*1-2H3. The van der Waals surface area contributed by atoms with Crippen LogP contribution in [-0.4, -0.2) is 55.4 Å². The van der Waals surface area contributed by atoms with Crippen molar-refractivity contribution in [2.24, 2.45) is 0 Å². The molecule has 0 aromatic heterocycles.